The molecule has 9 heteroatoms. The molecule has 0 saturated carbocycles. The molecular formula is C25H24FN5O3. The van der Waals surface area contributed by atoms with Crippen molar-refractivity contribution >= 4 is 28.5 Å². The normalized spacial score (nSPS) is 10.9. The number of carbonyl (C=O) groups excluding carboxylic acids is 2. The first kappa shape index (κ1) is 23.1. The maximum absolute atomic E-state index is 13.3. The number of nitrogens with zero attached hydrogens (tertiary/aromatic N) is 3. The Kier molecular flexibility index (Phi) is 6.93. The number of hydrogen-bond acceptors (Lipinski definition) is 5. The minimum absolute atomic E-state index is 0.113. The second kappa shape index (κ2) is 10.2. The molecule has 2 aromatic carbocycles. The summed E-state index contributed by atoms with van der Waals surface area (Å²) >= 11 is 0. The van der Waals surface area contributed by atoms with Crippen LogP contribution in [-0.2, 0) is 22.6 Å². The van der Waals surface area contributed by atoms with Crippen molar-refractivity contribution in [2.75, 3.05) is 19.0 Å². The van der Waals surface area contributed by atoms with Gasteiger partial charge in [0, 0.05) is 25.0 Å². The lowest BCUT2D eigenvalue weighted by atomic mass is 10.1. The van der Waals surface area contributed by atoms with E-state index in [-0.39, 0.29) is 30.8 Å². The highest BCUT2D eigenvalue weighted by Gasteiger charge is 2.18. The van der Waals surface area contributed by atoms with Gasteiger partial charge in [0.05, 0.1) is 35.2 Å². The SMILES string of the molecule is COCC(=O)Nc1cc(C(=O)NCc2cccc(C)n2)c2c(c1)ncn2Cc1ccc(F)cc1. The number of ether oxygens (including phenoxy) is 1. The second-order valence-electron chi connectivity index (χ2n) is 7.82. The molecule has 0 aliphatic carbocycles. The Labute approximate surface area is 195 Å². The van der Waals surface area contributed by atoms with Gasteiger partial charge in [0.25, 0.3) is 5.91 Å². The quantitative estimate of drug-likeness (QED) is 0.419. The van der Waals surface area contributed by atoms with Gasteiger partial charge in [0.2, 0.25) is 5.91 Å². The fraction of sp³-hybridized carbons (Fsp3) is 0.200. The number of benzene rings is 2. The molecule has 0 spiro atoms. The number of rotatable bonds is 8. The van der Waals surface area contributed by atoms with Crippen LogP contribution in [0.5, 0.6) is 0 Å². The van der Waals surface area contributed by atoms with Gasteiger partial charge in [-0.25, -0.2) is 9.37 Å². The van der Waals surface area contributed by atoms with Crippen molar-refractivity contribution < 1.29 is 18.7 Å². The first-order valence-corrected chi connectivity index (χ1v) is 10.7. The molecule has 4 aromatic rings. The van der Waals surface area contributed by atoms with E-state index >= 15 is 0 Å². The van der Waals surface area contributed by atoms with Gasteiger partial charge in [-0.05, 0) is 48.9 Å². The zero-order chi connectivity index (χ0) is 24.1. The van der Waals surface area contributed by atoms with E-state index in [1.54, 1.807) is 30.6 Å². The van der Waals surface area contributed by atoms with Crippen molar-refractivity contribution in [2.45, 2.75) is 20.0 Å². The van der Waals surface area contributed by atoms with Gasteiger partial charge in [-0.2, -0.15) is 0 Å². The minimum Gasteiger partial charge on any atom is -0.375 e. The molecule has 2 N–H and O–H groups in total. The van der Waals surface area contributed by atoms with E-state index in [1.807, 2.05) is 29.7 Å². The number of anilines is 1. The number of pyridine rings is 1. The molecule has 34 heavy (non-hydrogen) atoms. The summed E-state index contributed by atoms with van der Waals surface area (Å²) in [6.07, 6.45) is 1.62. The Bertz CT molecular complexity index is 1330. The van der Waals surface area contributed by atoms with Crippen LogP contribution in [0.4, 0.5) is 10.1 Å². The van der Waals surface area contributed by atoms with Crippen molar-refractivity contribution in [1.82, 2.24) is 19.9 Å². The largest absolute Gasteiger partial charge is 0.375 e. The highest BCUT2D eigenvalue weighted by atomic mass is 19.1. The molecule has 0 fully saturated rings. The van der Waals surface area contributed by atoms with Crippen LogP contribution >= 0.6 is 0 Å². The molecule has 174 valence electrons. The van der Waals surface area contributed by atoms with Crippen molar-refractivity contribution in [3.05, 3.63) is 89.3 Å². The van der Waals surface area contributed by atoms with E-state index in [2.05, 4.69) is 20.6 Å². The molecule has 8 nitrogen and oxygen atoms in total. The predicted octanol–water partition coefficient (Wildman–Crippen LogP) is 3.44. The summed E-state index contributed by atoms with van der Waals surface area (Å²) in [7, 11) is 1.43. The average molecular weight is 461 g/mol. The van der Waals surface area contributed by atoms with Crippen LogP contribution in [0.1, 0.15) is 27.3 Å². The Morgan fingerprint density at radius 1 is 1.12 bits per heavy atom. The third kappa shape index (κ3) is 5.44. The van der Waals surface area contributed by atoms with Crippen LogP contribution in [0.2, 0.25) is 0 Å². The van der Waals surface area contributed by atoms with Gasteiger partial charge in [-0.1, -0.05) is 18.2 Å². The second-order valence-corrected chi connectivity index (χ2v) is 7.82. The topological polar surface area (TPSA) is 98.1 Å². The van der Waals surface area contributed by atoms with Gasteiger partial charge >= 0.3 is 0 Å². The Morgan fingerprint density at radius 2 is 1.91 bits per heavy atom. The molecule has 0 aliphatic rings. The molecule has 2 aromatic heterocycles. The third-order valence-corrected chi connectivity index (χ3v) is 5.16. The zero-order valence-corrected chi connectivity index (χ0v) is 18.8. The highest BCUT2D eigenvalue weighted by Crippen LogP contribution is 2.25. The number of fused-ring (bicyclic) bond motifs is 1. The lowest BCUT2D eigenvalue weighted by Crippen LogP contribution is -2.25. The molecule has 0 radical (unpaired) electrons. The lowest BCUT2D eigenvalue weighted by molar-refractivity contribution is -0.119. The number of methoxy groups -OCH3 is 1. The van der Waals surface area contributed by atoms with Crippen LogP contribution in [-0.4, -0.2) is 40.1 Å². The monoisotopic (exact) mass is 461 g/mol. The van der Waals surface area contributed by atoms with Gasteiger partial charge < -0.3 is 19.9 Å². The first-order chi connectivity index (χ1) is 16.4. The molecule has 2 amide bonds. The molecule has 4 rings (SSSR count). The molecule has 0 atom stereocenters. The molecule has 0 unspecified atom stereocenters. The fourth-order valence-electron chi connectivity index (χ4n) is 3.65. The standard InChI is InChI=1S/C25H24FN5O3/c1-16-4-3-5-19(29-16)12-27-25(33)21-10-20(30-23(32)14-34-2)11-22-24(21)31(15-28-22)13-17-6-8-18(26)9-7-17/h3-11,15H,12-14H2,1-2H3,(H,27,33)(H,30,32). The predicted molar refractivity (Wildman–Crippen MR) is 126 cm³/mol. The molecular weight excluding hydrogens is 437 g/mol. The number of carbonyl (C=O) groups is 2. The van der Waals surface area contributed by atoms with Crippen LogP contribution in [0, 0.1) is 12.7 Å². The third-order valence-electron chi connectivity index (χ3n) is 5.16. The number of aromatic nitrogens is 3. The first-order valence-electron chi connectivity index (χ1n) is 10.7. The summed E-state index contributed by atoms with van der Waals surface area (Å²) in [6.45, 7) is 2.41. The number of halogens is 1. The van der Waals surface area contributed by atoms with Gasteiger partial charge in [0.1, 0.15) is 12.4 Å². The minimum atomic E-state index is -0.345. The number of nitrogens with one attached hydrogen (secondary N) is 2. The number of imidazole rings is 1. The summed E-state index contributed by atoms with van der Waals surface area (Å²) in [5, 5.41) is 5.63. The van der Waals surface area contributed by atoms with Crippen LogP contribution < -0.4 is 10.6 Å². The van der Waals surface area contributed by atoms with Crippen molar-refractivity contribution in [2.24, 2.45) is 0 Å². The molecule has 0 saturated heterocycles. The zero-order valence-electron chi connectivity index (χ0n) is 18.8. The molecule has 0 aliphatic heterocycles. The van der Waals surface area contributed by atoms with E-state index in [0.717, 1.165) is 17.0 Å². The summed E-state index contributed by atoms with van der Waals surface area (Å²) in [4.78, 5) is 34.2. The summed E-state index contributed by atoms with van der Waals surface area (Å²) in [5.74, 6) is -1.000. The Morgan fingerprint density at radius 3 is 2.65 bits per heavy atom. The number of aryl methyl sites for hydroxylation is 1. The maximum Gasteiger partial charge on any atom is 0.253 e. The summed E-state index contributed by atoms with van der Waals surface area (Å²) in [5.41, 5.74) is 4.36. The lowest BCUT2D eigenvalue weighted by Gasteiger charge is -2.12. The van der Waals surface area contributed by atoms with E-state index < -0.39 is 0 Å². The van der Waals surface area contributed by atoms with E-state index in [4.69, 9.17) is 4.74 Å². The van der Waals surface area contributed by atoms with Crippen molar-refractivity contribution in [1.29, 1.82) is 0 Å². The van der Waals surface area contributed by atoms with E-state index in [0.29, 0.717) is 28.8 Å². The smallest absolute Gasteiger partial charge is 0.253 e. The fourth-order valence-corrected chi connectivity index (χ4v) is 3.65. The van der Waals surface area contributed by atoms with Gasteiger partial charge in [-0.15, -0.1) is 0 Å². The molecule has 0 bridgehead atoms. The van der Waals surface area contributed by atoms with Crippen LogP contribution in [0.3, 0.4) is 0 Å². The van der Waals surface area contributed by atoms with Crippen LogP contribution in [0.15, 0.2) is 60.9 Å². The average Bonchev–Trinajstić information content (AvgIpc) is 3.21. The van der Waals surface area contributed by atoms with E-state index in [9.17, 15) is 14.0 Å². The Balaban J connectivity index is 1.68. The van der Waals surface area contributed by atoms with Gasteiger partial charge in [0.15, 0.2) is 0 Å². The number of amides is 2. The Hall–Kier alpha value is -4.11. The summed E-state index contributed by atoms with van der Waals surface area (Å²) in [6, 6.07) is 15.1. The van der Waals surface area contributed by atoms with Crippen molar-refractivity contribution in [3.63, 3.8) is 0 Å². The van der Waals surface area contributed by atoms with Gasteiger partial charge in [-0.3, -0.25) is 14.6 Å². The summed E-state index contributed by atoms with van der Waals surface area (Å²) < 4.78 is 20.0. The maximum atomic E-state index is 13.3. The van der Waals surface area contributed by atoms with Crippen molar-refractivity contribution in [3.8, 4) is 0 Å². The van der Waals surface area contributed by atoms with E-state index in [1.165, 1.54) is 19.2 Å². The highest BCUT2D eigenvalue weighted by molar-refractivity contribution is 6.07. The molecule has 2 heterocycles. The van der Waals surface area contributed by atoms with Crippen LogP contribution in [0.25, 0.3) is 11.0 Å². The number of hydrogen-bond donors (Lipinski definition) is 2.